The Bertz CT molecular complexity index is 553. The number of anilines is 1. The van der Waals surface area contributed by atoms with Crippen molar-refractivity contribution in [2.45, 2.75) is 19.4 Å². The lowest BCUT2D eigenvalue weighted by Crippen LogP contribution is -2.39. The summed E-state index contributed by atoms with van der Waals surface area (Å²) < 4.78 is 10.6. The van der Waals surface area contributed by atoms with E-state index in [0.29, 0.717) is 25.3 Å². The lowest BCUT2D eigenvalue weighted by molar-refractivity contribution is -0.142. The van der Waals surface area contributed by atoms with Gasteiger partial charge in [-0.3, -0.25) is 4.79 Å². The van der Waals surface area contributed by atoms with Crippen LogP contribution in [0.25, 0.3) is 0 Å². The fourth-order valence-corrected chi connectivity index (χ4v) is 1.94. The van der Waals surface area contributed by atoms with Gasteiger partial charge in [-0.05, 0) is 24.6 Å². The Morgan fingerprint density at radius 2 is 2.33 bits per heavy atom. The minimum Gasteiger partial charge on any atom is -0.395 e. The van der Waals surface area contributed by atoms with E-state index in [1.807, 2.05) is 25.1 Å². The maximum atomic E-state index is 12.1. The molecule has 112 valence electrons. The quantitative estimate of drug-likeness (QED) is 0.817. The molecule has 5 nitrogen and oxygen atoms in total. The maximum absolute atomic E-state index is 12.1. The van der Waals surface area contributed by atoms with E-state index in [-0.39, 0.29) is 19.1 Å². The molecule has 1 atom stereocenters. The molecule has 1 aliphatic rings. The normalized spacial score (nSPS) is 17.7. The molecule has 0 spiro atoms. The summed E-state index contributed by atoms with van der Waals surface area (Å²) in [5.41, 5.74) is 2.43. The van der Waals surface area contributed by atoms with Crippen LogP contribution in [-0.2, 0) is 14.3 Å². The summed E-state index contributed by atoms with van der Waals surface area (Å²) in [4.78, 5) is 12.1. The van der Waals surface area contributed by atoms with Crippen LogP contribution in [-0.4, -0.2) is 43.5 Å². The Morgan fingerprint density at radius 3 is 3.05 bits per heavy atom. The van der Waals surface area contributed by atoms with E-state index in [9.17, 15) is 4.79 Å². The minimum atomic E-state index is -0.585. The molecule has 1 saturated heterocycles. The molecule has 1 amide bonds. The number of carbonyl (C=O) groups excluding carboxylic acids is 1. The zero-order valence-electron chi connectivity index (χ0n) is 12.0. The largest absolute Gasteiger partial charge is 0.395 e. The van der Waals surface area contributed by atoms with Crippen molar-refractivity contribution in [3.8, 4) is 11.8 Å². The summed E-state index contributed by atoms with van der Waals surface area (Å²) >= 11 is 0. The molecule has 2 rings (SSSR count). The molecule has 0 aromatic heterocycles. The molecule has 1 fully saturated rings. The summed E-state index contributed by atoms with van der Waals surface area (Å²) in [5.74, 6) is 5.60. The first-order valence-electron chi connectivity index (χ1n) is 6.91. The van der Waals surface area contributed by atoms with Crippen molar-refractivity contribution in [3.05, 3.63) is 29.3 Å². The summed E-state index contributed by atoms with van der Waals surface area (Å²) in [7, 11) is 0. The van der Waals surface area contributed by atoms with E-state index in [1.165, 1.54) is 0 Å². The van der Waals surface area contributed by atoms with Crippen molar-refractivity contribution in [1.82, 2.24) is 0 Å². The van der Waals surface area contributed by atoms with Crippen molar-refractivity contribution >= 4 is 11.6 Å². The van der Waals surface area contributed by atoms with Gasteiger partial charge < -0.3 is 19.9 Å². The average Bonchev–Trinajstić information content (AvgIpc) is 2.51. The first kappa shape index (κ1) is 15.5. The number of hydrogen-bond acceptors (Lipinski definition) is 4. The van der Waals surface area contributed by atoms with Crippen molar-refractivity contribution in [2.75, 3.05) is 31.7 Å². The summed E-state index contributed by atoms with van der Waals surface area (Å²) in [6, 6.07) is 5.63. The lowest BCUT2D eigenvalue weighted by atomic mass is 10.1. The maximum Gasteiger partial charge on any atom is 0.255 e. The van der Waals surface area contributed by atoms with Gasteiger partial charge >= 0.3 is 0 Å². The Balaban J connectivity index is 2.11. The molecule has 0 radical (unpaired) electrons. The van der Waals surface area contributed by atoms with E-state index in [1.54, 1.807) is 0 Å². The number of hydrogen-bond donors (Lipinski definition) is 2. The van der Waals surface area contributed by atoms with Crippen LogP contribution in [0.15, 0.2) is 18.2 Å². The summed E-state index contributed by atoms with van der Waals surface area (Å²) in [6.07, 6.45) is -0.181. The molecule has 0 saturated carbocycles. The lowest BCUT2D eigenvalue weighted by Gasteiger charge is -2.22. The second-order valence-electron chi connectivity index (χ2n) is 4.75. The van der Waals surface area contributed by atoms with E-state index in [0.717, 1.165) is 11.1 Å². The van der Waals surface area contributed by atoms with Crippen LogP contribution in [0, 0.1) is 18.8 Å². The van der Waals surface area contributed by atoms with Crippen LogP contribution in [0.1, 0.15) is 17.5 Å². The number of benzene rings is 1. The number of ether oxygens (including phenoxy) is 2. The third-order valence-electron chi connectivity index (χ3n) is 3.00. The van der Waals surface area contributed by atoms with E-state index in [4.69, 9.17) is 14.6 Å². The second kappa shape index (κ2) is 7.79. The van der Waals surface area contributed by atoms with Crippen molar-refractivity contribution in [2.24, 2.45) is 0 Å². The van der Waals surface area contributed by atoms with Gasteiger partial charge in [0.1, 0.15) is 0 Å². The zero-order valence-corrected chi connectivity index (χ0v) is 12.0. The Hall–Kier alpha value is -1.87. The third-order valence-corrected chi connectivity index (χ3v) is 3.00. The molecule has 1 aromatic rings. The minimum absolute atomic E-state index is 0.0216. The zero-order chi connectivity index (χ0) is 15.1. The predicted molar refractivity (Wildman–Crippen MR) is 78.9 cm³/mol. The van der Waals surface area contributed by atoms with Crippen molar-refractivity contribution < 1.29 is 19.4 Å². The number of carbonyl (C=O) groups is 1. The molecule has 5 heteroatoms. The Kier molecular flexibility index (Phi) is 5.76. The molecule has 1 aromatic carbocycles. The first-order chi connectivity index (χ1) is 10.2. The molecule has 0 aliphatic carbocycles. The number of nitrogens with one attached hydrogen (secondary N) is 1. The fraction of sp³-hybridized carbons (Fsp3) is 0.438. The van der Waals surface area contributed by atoms with E-state index in [2.05, 4.69) is 17.2 Å². The first-order valence-corrected chi connectivity index (χ1v) is 6.91. The highest BCUT2D eigenvalue weighted by Gasteiger charge is 2.23. The van der Waals surface area contributed by atoms with Gasteiger partial charge in [-0.25, -0.2) is 0 Å². The SMILES string of the molecule is Cc1ccc(NC(=O)C2COCCO2)c(C#CCCO)c1. The molecule has 2 N–H and O–H groups in total. The number of amides is 1. The van der Waals surface area contributed by atoms with Gasteiger partial charge in [-0.15, -0.1) is 0 Å². The van der Waals surface area contributed by atoms with E-state index < -0.39 is 6.10 Å². The Morgan fingerprint density at radius 1 is 1.48 bits per heavy atom. The van der Waals surface area contributed by atoms with Crippen LogP contribution in [0.4, 0.5) is 5.69 Å². The highest BCUT2D eigenvalue weighted by Crippen LogP contribution is 2.17. The second-order valence-corrected chi connectivity index (χ2v) is 4.75. The highest BCUT2D eigenvalue weighted by molar-refractivity contribution is 5.95. The third kappa shape index (κ3) is 4.57. The molecular weight excluding hydrogens is 270 g/mol. The number of aryl methyl sites for hydroxylation is 1. The van der Waals surface area contributed by atoms with Gasteiger partial charge in [0.2, 0.25) is 0 Å². The fourth-order valence-electron chi connectivity index (χ4n) is 1.94. The van der Waals surface area contributed by atoms with Gasteiger partial charge in [0, 0.05) is 12.0 Å². The van der Waals surface area contributed by atoms with Crippen LogP contribution in [0.3, 0.4) is 0 Å². The van der Waals surface area contributed by atoms with Gasteiger partial charge in [0.05, 0.1) is 32.1 Å². The molecular formula is C16H19NO4. The molecule has 1 unspecified atom stereocenters. The smallest absolute Gasteiger partial charge is 0.255 e. The predicted octanol–water partition coefficient (Wildman–Crippen LogP) is 1.08. The standard InChI is InChI=1S/C16H19NO4/c1-12-5-6-14(13(10-12)4-2-3-7-18)17-16(19)15-11-20-8-9-21-15/h5-6,10,15,18H,3,7-9,11H2,1H3,(H,17,19). The monoisotopic (exact) mass is 289 g/mol. The van der Waals surface area contributed by atoms with Crippen LogP contribution in [0.2, 0.25) is 0 Å². The summed E-state index contributed by atoms with van der Waals surface area (Å²) in [6.45, 7) is 3.19. The van der Waals surface area contributed by atoms with Crippen LogP contribution in [0.5, 0.6) is 0 Å². The summed E-state index contributed by atoms with van der Waals surface area (Å²) in [5, 5.41) is 11.6. The highest BCUT2D eigenvalue weighted by atomic mass is 16.6. The Labute approximate surface area is 124 Å². The van der Waals surface area contributed by atoms with Crippen molar-refractivity contribution in [3.63, 3.8) is 0 Å². The number of aliphatic hydroxyl groups is 1. The van der Waals surface area contributed by atoms with Crippen molar-refractivity contribution in [1.29, 1.82) is 0 Å². The number of aliphatic hydroxyl groups excluding tert-OH is 1. The topological polar surface area (TPSA) is 67.8 Å². The van der Waals surface area contributed by atoms with Gasteiger partial charge in [0.25, 0.3) is 5.91 Å². The van der Waals surface area contributed by atoms with Gasteiger partial charge in [-0.1, -0.05) is 17.9 Å². The average molecular weight is 289 g/mol. The molecule has 1 aliphatic heterocycles. The van der Waals surface area contributed by atoms with E-state index >= 15 is 0 Å². The van der Waals surface area contributed by atoms with Crippen LogP contribution < -0.4 is 5.32 Å². The molecule has 0 bridgehead atoms. The van der Waals surface area contributed by atoms with Crippen LogP contribution >= 0.6 is 0 Å². The molecule has 21 heavy (non-hydrogen) atoms. The number of rotatable bonds is 3. The van der Waals surface area contributed by atoms with Gasteiger partial charge in [-0.2, -0.15) is 0 Å². The van der Waals surface area contributed by atoms with Gasteiger partial charge in [0.15, 0.2) is 6.10 Å². The molecule has 1 heterocycles.